The van der Waals surface area contributed by atoms with Gasteiger partial charge in [-0.1, -0.05) is 27.7 Å². The molecule has 0 spiro atoms. The number of methoxy groups -OCH3 is 2. The first-order chi connectivity index (χ1) is 5.83. The van der Waals surface area contributed by atoms with E-state index < -0.39 is 0 Å². The van der Waals surface area contributed by atoms with Gasteiger partial charge in [0.1, 0.15) is 0 Å². The Kier molecular flexibility index (Phi) is 4.36. The van der Waals surface area contributed by atoms with E-state index in [2.05, 4.69) is 27.7 Å². The Hall–Kier alpha value is -0.120. The molecule has 0 fully saturated rings. The highest BCUT2D eigenvalue weighted by atomic mass is 16.7. The second kappa shape index (κ2) is 4.40. The molecule has 2 N–H and O–H groups in total. The molecular weight excluding hydrogens is 166 g/mol. The van der Waals surface area contributed by atoms with E-state index in [1.807, 2.05) is 0 Å². The van der Waals surface area contributed by atoms with Gasteiger partial charge in [-0.2, -0.15) is 0 Å². The topological polar surface area (TPSA) is 44.5 Å². The monoisotopic (exact) mass is 189 g/mol. The predicted octanol–water partition coefficient (Wildman–Crippen LogP) is 1.62. The molecule has 0 aliphatic heterocycles. The Morgan fingerprint density at radius 3 is 1.69 bits per heavy atom. The number of ether oxygens (including phenoxy) is 2. The third-order valence-corrected chi connectivity index (χ3v) is 3.27. The van der Waals surface area contributed by atoms with Crippen molar-refractivity contribution >= 4 is 0 Å². The molecule has 0 aromatic heterocycles. The van der Waals surface area contributed by atoms with Crippen molar-refractivity contribution < 1.29 is 9.47 Å². The zero-order valence-corrected chi connectivity index (χ0v) is 9.68. The normalized spacial score (nSPS) is 13.8. The molecule has 0 aromatic carbocycles. The van der Waals surface area contributed by atoms with Crippen LogP contribution in [0, 0.1) is 10.8 Å². The molecule has 0 aromatic rings. The van der Waals surface area contributed by atoms with Crippen LogP contribution in [0.4, 0.5) is 0 Å². The van der Waals surface area contributed by atoms with Crippen molar-refractivity contribution in [1.29, 1.82) is 0 Å². The predicted molar refractivity (Wildman–Crippen MR) is 54.4 cm³/mol. The van der Waals surface area contributed by atoms with E-state index in [9.17, 15) is 0 Å². The van der Waals surface area contributed by atoms with Crippen LogP contribution in [0.15, 0.2) is 0 Å². The molecule has 3 heteroatoms. The molecule has 0 radical (unpaired) electrons. The summed E-state index contributed by atoms with van der Waals surface area (Å²) < 4.78 is 10.5. The summed E-state index contributed by atoms with van der Waals surface area (Å²) in [6.45, 7) is 9.08. The average molecular weight is 189 g/mol. The fraction of sp³-hybridized carbons (Fsp3) is 1.00. The van der Waals surface area contributed by atoms with Crippen molar-refractivity contribution in [2.75, 3.05) is 20.8 Å². The standard InChI is InChI=1S/C10H23NO2/c1-9(2,7-11)10(3,4)8(12-5)13-6/h8H,7,11H2,1-6H3. The van der Waals surface area contributed by atoms with E-state index in [1.165, 1.54) is 0 Å². The smallest absolute Gasteiger partial charge is 0.162 e. The summed E-state index contributed by atoms with van der Waals surface area (Å²) in [6.07, 6.45) is -0.217. The molecule has 0 aliphatic carbocycles. The largest absolute Gasteiger partial charge is 0.355 e. The Labute approximate surface area is 81.6 Å². The van der Waals surface area contributed by atoms with Crippen molar-refractivity contribution in [1.82, 2.24) is 0 Å². The first-order valence-corrected chi connectivity index (χ1v) is 4.59. The second-order valence-corrected chi connectivity index (χ2v) is 4.61. The van der Waals surface area contributed by atoms with Gasteiger partial charge in [0, 0.05) is 19.6 Å². The maximum absolute atomic E-state index is 5.73. The molecule has 0 saturated heterocycles. The van der Waals surface area contributed by atoms with Gasteiger partial charge in [-0.05, 0) is 12.0 Å². The molecule has 0 saturated carbocycles. The van der Waals surface area contributed by atoms with E-state index in [4.69, 9.17) is 15.2 Å². The van der Waals surface area contributed by atoms with Crippen LogP contribution in [-0.4, -0.2) is 27.1 Å². The second-order valence-electron chi connectivity index (χ2n) is 4.61. The van der Waals surface area contributed by atoms with Gasteiger partial charge in [0.05, 0.1) is 0 Å². The van der Waals surface area contributed by atoms with Crippen LogP contribution in [0.2, 0.25) is 0 Å². The van der Waals surface area contributed by atoms with Gasteiger partial charge in [0.25, 0.3) is 0 Å². The highest BCUT2D eigenvalue weighted by molar-refractivity contribution is 4.89. The first-order valence-electron chi connectivity index (χ1n) is 4.59. The van der Waals surface area contributed by atoms with Crippen LogP contribution in [0.25, 0.3) is 0 Å². The molecule has 0 bridgehead atoms. The number of nitrogens with two attached hydrogens (primary N) is 1. The fourth-order valence-corrected chi connectivity index (χ4v) is 1.27. The van der Waals surface area contributed by atoms with Crippen LogP contribution in [0.1, 0.15) is 27.7 Å². The van der Waals surface area contributed by atoms with Crippen molar-refractivity contribution in [2.45, 2.75) is 34.0 Å². The Morgan fingerprint density at radius 1 is 1.08 bits per heavy atom. The summed E-state index contributed by atoms with van der Waals surface area (Å²) >= 11 is 0. The number of hydrogen-bond donors (Lipinski definition) is 1. The molecule has 3 nitrogen and oxygen atoms in total. The summed E-state index contributed by atoms with van der Waals surface area (Å²) in [7, 11) is 3.31. The van der Waals surface area contributed by atoms with Crippen molar-refractivity contribution in [3.63, 3.8) is 0 Å². The van der Waals surface area contributed by atoms with Gasteiger partial charge >= 0.3 is 0 Å². The molecule has 0 unspecified atom stereocenters. The molecule has 0 atom stereocenters. The minimum Gasteiger partial charge on any atom is -0.355 e. The summed E-state index contributed by atoms with van der Waals surface area (Å²) in [4.78, 5) is 0. The summed E-state index contributed by atoms with van der Waals surface area (Å²) in [5.41, 5.74) is 5.61. The fourth-order valence-electron chi connectivity index (χ4n) is 1.27. The SMILES string of the molecule is COC(OC)C(C)(C)C(C)(C)CN. The van der Waals surface area contributed by atoms with E-state index in [1.54, 1.807) is 14.2 Å². The van der Waals surface area contributed by atoms with Gasteiger partial charge in [0.2, 0.25) is 0 Å². The molecule has 0 amide bonds. The van der Waals surface area contributed by atoms with Gasteiger partial charge in [-0.25, -0.2) is 0 Å². The lowest BCUT2D eigenvalue weighted by Crippen LogP contribution is -2.48. The number of rotatable bonds is 5. The quantitative estimate of drug-likeness (QED) is 0.668. The summed E-state index contributed by atoms with van der Waals surface area (Å²) in [5.74, 6) is 0. The van der Waals surface area contributed by atoms with Gasteiger partial charge in [0.15, 0.2) is 6.29 Å². The maximum Gasteiger partial charge on any atom is 0.162 e. The highest BCUT2D eigenvalue weighted by Crippen LogP contribution is 2.41. The molecular formula is C10H23NO2. The van der Waals surface area contributed by atoms with Gasteiger partial charge < -0.3 is 15.2 Å². The minimum atomic E-state index is -0.217. The molecule has 0 aliphatic rings. The lowest BCUT2D eigenvalue weighted by molar-refractivity contribution is -0.198. The summed E-state index contributed by atoms with van der Waals surface area (Å²) in [5, 5.41) is 0. The van der Waals surface area contributed by atoms with E-state index >= 15 is 0 Å². The summed E-state index contributed by atoms with van der Waals surface area (Å²) in [6, 6.07) is 0. The molecule has 0 rings (SSSR count). The van der Waals surface area contributed by atoms with Gasteiger partial charge in [-0.3, -0.25) is 0 Å². The van der Waals surface area contributed by atoms with Crippen molar-refractivity contribution in [2.24, 2.45) is 16.6 Å². The molecule has 13 heavy (non-hydrogen) atoms. The van der Waals surface area contributed by atoms with Crippen molar-refractivity contribution in [3.05, 3.63) is 0 Å². The number of hydrogen-bond acceptors (Lipinski definition) is 3. The highest BCUT2D eigenvalue weighted by Gasteiger charge is 2.43. The van der Waals surface area contributed by atoms with Crippen LogP contribution < -0.4 is 5.73 Å². The average Bonchev–Trinajstić information content (AvgIpc) is 2.06. The van der Waals surface area contributed by atoms with E-state index in [-0.39, 0.29) is 17.1 Å². The molecule has 0 heterocycles. The maximum atomic E-state index is 5.73. The van der Waals surface area contributed by atoms with Crippen LogP contribution in [0.3, 0.4) is 0 Å². The van der Waals surface area contributed by atoms with E-state index in [0.717, 1.165) is 0 Å². The Bertz CT molecular complexity index is 151. The van der Waals surface area contributed by atoms with Crippen LogP contribution >= 0.6 is 0 Å². The third-order valence-electron chi connectivity index (χ3n) is 3.27. The third kappa shape index (κ3) is 2.42. The Balaban J connectivity index is 4.70. The van der Waals surface area contributed by atoms with Crippen molar-refractivity contribution in [3.8, 4) is 0 Å². The Morgan fingerprint density at radius 2 is 1.46 bits per heavy atom. The minimum absolute atomic E-state index is 0.0102. The van der Waals surface area contributed by atoms with Crippen LogP contribution in [0.5, 0.6) is 0 Å². The zero-order valence-electron chi connectivity index (χ0n) is 9.68. The lowest BCUT2D eigenvalue weighted by atomic mass is 9.67. The zero-order chi connectivity index (χ0) is 10.7. The van der Waals surface area contributed by atoms with Crippen LogP contribution in [-0.2, 0) is 9.47 Å². The van der Waals surface area contributed by atoms with E-state index in [0.29, 0.717) is 6.54 Å². The lowest BCUT2D eigenvalue weighted by Gasteiger charge is -2.44. The molecule has 80 valence electrons. The van der Waals surface area contributed by atoms with Gasteiger partial charge in [-0.15, -0.1) is 0 Å². The first kappa shape index (κ1) is 12.9.